The fourth-order valence-electron chi connectivity index (χ4n) is 3.10. The van der Waals surface area contributed by atoms with Crippen LogP contribution in [0.2, 0.25) is 0 Å². The Labute approximate surface area is 136 Å². The third kappa shape index (κ3) is 3.63. The largest absolute Gasteiger partial charge is 0.418 e. The summed E-state index contributed by atoms with van der Waals surface area (Å²) >= 11 is 1.81. The number of aromatic nitrogens is 1. The van der Waals surface area contributed by atoms with Crippen LogP contribution in [0.3, 0.4) is 0 Å². The highest BCUT2D eigenvalue weighted by atomic mass is 32.2. The summed E-state index contributed by atoms with van der Waals surface area (Å²) in [7, 11) is 0. The van der Waals surface area contributed by atoms with Crippen LogP contribution in [0.5, 0.6) is 0 Å². The number of nitrogens with zero attached hydrogens (tertiary/aromatic N) is 1. The Morgan fingerprint density at radius 1 is 1.48 bits per heavy atom. The highest BCUT2D eigenvalue weighted by Crippen LogP contribution is 2.38. The summed E-state index contributed by atoms with van der Waals surface area (Å²) in [4.78, 5) is 15.8. The molecule has 1 amide bonds. The number of nitrogens with one attached hydrogen (secondary N) is 1. The summed E-state index contributed by atoms with van der Waals surface area (Å²) < 4.78 is 44.8. The second-order valence-corrected chi connectivity index (χ2v) is 7.02. The van der Waals surface area contributed by atoms with Crippen LogP contribution in [-0.4, -0.2) is 40.6 Å². The van der Waals surface area contributed by atoms with Crippen molar-refractivity contribution in [2.45, 2.75) is 37.1 Å². The smallest absolute Gasteiger partial charge is 0.374 e. The Bertz CT molecular complexity index is 588. The van der Waals surface area contributed by atoms with E-state index in [1.54, 1.807) is 0 Å². The van der Waals surface area contributed by atoms with E-state index in [1.807, 2.05) is 11.8 Å². The van der Waals surface area contributed by atoms with Gasteiger partial charge in [0.25, 0.3) is 5.91 Å². The molecule has 0 saturated carbocycles. The van der Waals surface area contributed by atoms with Crippen molar-refractivity contribution in [3.63, 3.8) is 0 Å². The molecule has 1 N–H and O–H groups in total. The molecule has 0 bridgehead atoms. The maximum Gasteiger partial charge on any atom is 0.418 e. The third-order valence-corrected chi connectivity index (χ3v) is 5.49. The first kappa shape index (κ1) is 16.6. The van der Waals surface area contributed by atoms with Crippen molar-refractivity contribution in [3.05, 3.63) is 29.6 Å². The Hall–Kier alpha value is -1.28. The van der Waals surface area contributed by atoms with Crippen LogP contribution < -0.4 is 5.32 Å². The van der Waals surface area contributed by atoms with Gasteiger partial charge in [-0.2, -0.15) is 24.9 Å². The number of hydrogen-bond acceptors (Lipinski definition) is 4. The highest BCUT2D eigenvalue weighted by Gasteiger charge is 2.41. The van der Waals surface area contributed by atoms with Gasteiger partial charge in [0.2, 0.25) is 0 Å². The van der Waals surface area contributed by atoms with Crippen molar-refractivity contribution in [1.29, 1.82) is 0 Å². The van der Waals surface area contributed by atoms with Crippen molar-refractivity contribution in [1.82, 2.24) is 10.3 Å². The predicted molar refractivity (Wildman–Crippen MR) is 80.4 cm³/mol. The maximum absolute atomic E-state index is 13.0. The molecule has 1 aromatic heterocycles. The van der Waals surface area contributed by atoms with Crippen molar-refractivity contribution in [3.8, 4) is 0 Å². The molecule has 2 aliphatic rings. The van der Waals surface area contributed by atoms with E-state index in [-0.39, 0.29) is 17.2 Å². The first-order chi connectivity index (χ1) is 10.9. The van der Waals surface area contributed by atoms with Gasteiger partial charge in [0.1, 0.15) is 0 Å². The number of alkyl halides is 3. The number of thioether (sulfide) groups is 1. The van der Waals surface area contributed by atoms with E-state index in [9.17, 15) is 18.0 Å². The normalized spacial score (nSPS) is 28.0. The highest BCUT2D eigenvalue weighted by molar-refractivity contribution is 7.99. The van der Waals surface area contributed by atoms with Gasteiger partial charge < -0.3 is 10.1 Å². The van der Waals surface area contributed by atoms with E-state index < -0.39 is 17.6 Å². The summed E-state index contributed by atoms with van der Waals surface area (Å²) in [5.74, 6) is 1.19. The first-order valence-electron chi connectivity index (χ1n) is 7.43. The molecular formula is C15H17F3N2O2S. The van der Waals surface area contributed by atoms with Crippen LogP contribution in [0, 0.1) is 0 Å². The molecule has 2 fully saturated rings. The minimum absolute atomic E-state index is 0.163. The van der Waals surface area contributed by atoms with Gasteiger partial charge in [-0.3, -0.25) is 9.78 Å². The number of rotatable bonds is 2. The fraction of sp³-hybridized carbons (Fsp3) is 0.600. The lowest BCUT2D eigenvalue weighted by molar-refractivity contribution is -0.138. The monoisotopic (exact) mass is 346 g/mol. The summed E-state index contributed by atoms with van der Waals surface area (Å²) in [6.45, 7) is 0.522. The van der Waals surface area contributed by atoms with Crippen LogP contribution in [0.15, 0.2) is 18.5 Å². The standard InChI is InChI=1S/C15H17F3N2O2S/c16-15(17,18)12-8-19-4-1-11(12)13(21)20-10-2-5-22-14(7-10)3-6-23-9-14/h1,4,8,10H,2-3,5-7,9H2,(H,20,21)/t10-,14-/m1/s1. The molecule has 4 nitrogen and oxygen atoms in total. The molecule has 1 aromatic rings. The van der Waals surface area contributed by atoms with E-state index in [1.165, 1.54) is 6.20 Å². The number of halogens is 3. The number of carbonyl (C=O) groups excluding carboxylic acids is 1. The molecule has 0 radical (unpaired) electrons. The topological polar surface area (TPSA) is 51.2 Å². The summed E-state index contributed by atoms with van der Waals surface area (Å²) in [5, 5.41) is 2.74. The average Bonchev–Trinajstić information content (AvgIpc) is 2.94. The number of amides is 1. The lowest BCUT2D eigenvalue weighted by Crippen LogP contribution is -2.49. The predicted octanol–water partition coefficient (Wildman–Crippen LogP) is 2.88. The molecule has 0 unspecified atom stereocenters. The lowest BCUT2D eigenvalue weighted by Gasteiger charge is -2.38. The molecule has 3 rings (SSSR count). The van der Waals surface area contributed by atoms with Gasteiger partial charge in [-0.1, -0.05) is 0 Å². The second-order valence-electron chi connectivity index (χ2n) is 5.92. The molecule has 126 valence electrons. The fourth-order valence-corrected chi connectivity index (χ4v) is 4.47. The maximum atomic E-state index is 13.0. The number of hydrogen-bond donors (Lipinski definition) is 1. The van der Waals surface area contributed by atoms with Gasteiger partial charge >= 0.3 is 6.18 Å². The summed E-state index contributed by atoms with van der Waals surface area (Å²) in [6.07, 6.45) is -0.521. The molecule has 23 heavy (non-hydrogen) atoms. The second kappa shape index (κ2) is 6.32. The van der Waals surface area contributed by atoms with Crippen LogP contribution in [0.25, 0.3) is 0 Å². The average molecular weight is 346 g/mol. The first-order valence-corrected chi connectivity index (χ1v) is 8.59. The zero-order valence-corrected chi connectivity index (χ0v) is 13.2. The van der Waals surface area contributed by atoms with Crippen molar-refractivity contribution < 1.29 is 22.7 Å². The van der Waals surface area contributed by atoms with Crippen LogP contribution in [-0.2, 0) is 10.9 Å². The van der Waals surface area contributed by atoms with Gasteiger partial charge in [0.15, 0.2) is 0 Å². The number of pyridine rings is 1. The zero-order valence-electron chi connectivity index (χ0n) is 12.4. The van der Waals surface area contributed by atoms with Crippen molar-refractivity contribution >= 4 is 17.7 Å². The Morgan fingerprint density at radius 3 is 3.00 bits per heavy atom. The molecule has 1 spiro atoms. The molecule has 3 heterocycles. The van der Waals surface area contributed by atoms with E-state index in [4.69, 9.17) is 4.74 Å². The van der Waals surface area contributed by atoms with E-state index in [0.717, 1.165) is 24.0 Å². The zero-order chi connectivity index (χ0) is 16.5. The molecule has 0 aromatic carbocycles. The number of ether oxygens (including phenoxy) is 1. The van der Waals surface area contributed by atoms with E-state index in [2.05, 4.69) is 10.3 Å². The van der Waals surface area contributed by atoms with Gasteiger partial charge in [-0.05, 0) is 31.1 Å². The van der Waals surface area contributed by atoms with Crippen LogP contribution in [0.1, 0.15) is 35.2 Å². The van der Waals surface area contributed by atoms with Crippen LogP contribution >= 0.6 is 11.8 Å². The SMILES string of the molecule is O=C(N[C@@H]1CCO[C@]2(CCSC2)C1)c1ccncc1C(F)(F)F. The summed E-state index contributed by atoms with van der Waals surface area (Å²) in [6, 6.07) is 0.947. The van der Waals surface area contributed by atoms with E-state index in [0.29, 0.717) is 25.6 Å². The molecule has 8 heteroatoms. The Kier molecular flexibility index (Phi) is 4.55. The lowest BCUT2D eigenvalue weighted by atomic mass is 9.89. The Balaban J connectivity index is 1.72. The van der Waals surface area contributed by atoms with Gasteiger partial charge in [-0.15, -0.1) is 0 Å². The van der Waals surface area contributed by atoms with Crippen molar-refractivity contribution in [2.75, 3.05) is 18.1 Å². The molecule has 0 aliphatic carbocycles. The van der Waals surface area contributed by atoms with Crippen molar-refractivity contribution in [2.24, 2.45) is 0 Å². The molecule has 2 aliphatic heterocycles. The van der Waals surface area contributed by atoms with Crippen LogP contribution in [0.4, 0.5) is 13.2 Å². The molecule has 2 saturated heterocycles. The quantitative estimate of drug-likeness (QED) is 0.895. The van der Waals surface area contributed by atoms with Gasteiger partial charge in [0, 0.05) is 30.8 Å². The van der Waals surface area contributed by atoms with Gasteiger partial charge in [-0.25, -0.2) is 0 Å². The summed E-state index contributed by atoms with van der Waals surface area (Å²) in [5.41, 5.74) is -1.61. The Morgan fingerprint density at radius 2 is 2.30 bits per heavy atom. The number of carbonyl (C=O) groups is 1. The minimum Gasteiger partial charge on any atom is -0.374 e. The molecule has 2 atom stereocenters. The molecular weight excluding hydrogens is 329 g/mol. The third-order valence-electron chi connectivity index (χ3n) is 4.27. The van der Waals surface area contributed by atoms with E-state index >= 15 is 0 Å². The van der Waals surface area contributed by atoms with Gasteiger partial charge in [0.05, 0.1) is 16.7 Å². The minimum atomic E-state index is -4.60.